The molecule has 80 valence electrons. The molecule has 0 unspecified atom stereocenters. The van der Waals surface area contributed by atoms with Crippen LogP contribution >= 0.6 is 0 Å². The van der Waals surface area contributed by atoms with Crippen LogP contribution in [0.4, 0.5) is 0 Å². The highest BCUT2D eigenvalue weighted by Gasteiger charge is 2.38. The second-order valence-electron chi connectivity index (χ2n) is 3.97. The number of rotatable bonds is 3. The maximum Gasteiger partial charge on any atom is 0.310 e. The molecule has 1 N–H and O–H groups in total. The Balaban J connectivity index is 2.58. The predicted octanol–water partition coefficient (Wildman–Crippen LogP) is 1.44. The molecule has 0 spiro atoms. The van der Waals surface area contributed by atoms with Crippen LogP contribution in [0.3, 0.4) is 0 Å². The van der Waals surface area contributed by atoms with E-state index in [9.17, 15) is 9.59 Å². The molecule has 1 rings (SSSR count). The Bertz CT molecular complexity index is 234. The van der Waals surface area contributed by atoms with E-state index in [0.717, 1.165) is 6.42 Å². The Morgan fingerprint density at radius 3 is 2.36 bits per heavy atom. The summed E-state index contributed by atoms with van der Waals surface area (Å²) in [6.07, 6.45) is 1.86. The highest BCUT2D eigenvalue weighted by Crippen LogP contribution is 2.33. The Morgan fingerprint density at radius 1 is 1.29 bits per heavy atom. The van der Waals surface area contributed by atoms with Gasteiger partial charge in [-0.2, -0.15) is 0 Å². The number of carboxylic acids is 1. The molecule has 0 saturated heterocycles. The van der Waals surface area contributed by atoms with Gasteiger partial charge in [0, 0.05) is 0 Å². The zero-order valence-electron chi connectivity index (χ0n) is 8.53. The first-order valence-electron chi connectivity index (χ1n) is 4.95. The molecular formula is C10H16O4. The summed E-state index contributed by atoms with van der Waals surface area (Å²) in [7, 11) is 0. The molecule has 1 saturated carbocycles. The fraction of sp³-hybridized carbons (Fsp3) is 0.800. The van der Waals surface area contributed by atoms with Crippen molar-refractivity contribution in [2.75, 3.05) is 0 Å². The van der Waals surface area contributed by atoms with E-state index in [-0.39, 0.29) is 12.1 Å². The summed E-state index contributed by atoms with van der Waals surface area (Å²) in [6.45, 7) is 3.53. The van der Waals surface area contributed by atoms with Crippen LogP contribution in [-0.4, -0.2) is 23.1 Å². The van der Waals surface area contributed by atoms with Crippen LogP contribution in [0.5, 0.6) is 0 Å². The largest absolute Gasteiger partial charge is 0.481 e. The zero-order valence-corrected chi connectivity index (χ0v) is 8.53. The smallest absolute Gasteiger partial charge is 0.310 e. The molecule has 14 heavy (non-hydrogen) atoms. The first-order chi connectivity index (χ1) is 6.52. The van der Waals surface area contributed by atoms with E-state index in [1.165, 1.54) is 0 Å². The Labute approximate surface area is 83.2 Å². The van der Waals surface area contributed by atoms with Crippen LogP contribution in [0, 0.1) is 11.8 Å². The van der Waals surface area contributed by atoms with Crippen molar-refractivity contribution >= 4 is 11.9 Å². The zero-order chi connectivity index (χ0) is 10.7. The van der Waals surface area contributed by atoms with E-state index in [4.69, 9.17) is 9.84 Å². The third kappa shape index (κ3) is 2.47. The summed E-state index contributed by atoms with van der Waals surface area (Å²) in [5.74, 6) is -2.21. The third-order valence-corrected chi connectivity index (χ3v) is 2.49. The quantitative estimate of drug-likeness (QED) is 0.700. The Morgan fingerprint density at radius 2 is 1.86 bits per heavy atom. The molecule has 1 aliphatic rings. The molecule has 0 aromatic carbocycles. The van der Waals surface area contributed by atoms with Crippen LogP contribution in [0.15, 0.2) is 0 Å². The highest BCUT2D eigenvalue weighted by atomic mass is 16.5. The summed E-state index contributed by atoms with van der Waals surface area (Å²) in [5, 5.41) is 8.86. The van der Waals surface area contributed by atoms with Crippen molar-refractivity contribution < 1.29 is 19.4 Å². The van der Waals surface area contributed by atoms with Gasteiger partial charge in [-0.15, -0.1) is 0 Å². The maximum atomic E-state index is 11.5. The standard InChI is InChI=1S/C10H16O4/c1-6(2)14-10(13)8-5-3-4-7(8)9(11)12/h6-8H,3-5H2,1-2H3,(H,11,12)/t7-,8+/m0/s1. The number of aliphatic carboxylic acids is 1. The molecule has 0 heterocycles. The number of esters is 1. The van der Waals surface area contributed by atoms with Crippen LogP contribution in [0.25, 0.3) is 0 Å². The summed E-state index contributed by atoms with van der Waals surface area (Å²) in [5.41, 5.74) is 0. The first kappa shape index (κ1) is 11.0. The number of carbonyl (C=O) groups excluding carboxylic acids is 1. The fourth-order valence-corrected chi connectivity index (χ4v) is 1.86. The van der Waals surface area contributed by atoms with E-state index in [1.54, 1.807) is 13.8 Å². The minimum Gasteiger partial charge on any atom is -0.481 e. The average molecular weight is 200 g/mol. The van der Waals surface area contributed by atoms with Crippen molar-refractivity contribution in [2.45, 2.75) is 39.2 Å². The SMILES string of the molecule is CC(C)OC(=O)[C@@H]1CCC[C@@H]1C(=O)O. The third-order valence-electron chi connectivity index (χ3n) is 2.49. The van der Waals surface area contributed by atoms with Gasteiger partial charge in [0.15, 0.2) is 0 Å². The monoisotopic (exact) mass is 200 g/mol. The van der Waals surface area contributed by atoms with Crippen molar-refractivity contribution in [3.63, 3.8) is 0 Å². The van der Waals surface area contributed by atoms with Gasteiger partial charge in [-0.1, -0.05) is 6.42 Å². The van der Waals surface area contributed by atoms with Crippen molar-refractivity contribution in [3.05, 3.63) is 0 Å². The van der Waals surface area contributed by atoms with Gasteiger partial charge < -0.3 is 9.84 Å². The lowest BCUT2D eigenvalue weighted by Crippen LogP contribution is -2.28. The van der Waals surface area contributed by atoms with Crippen LogP contribution in [-0.2, 0) is 14.3 Å². The molecule has 0 aliphatic heterocycles. The Hall–Kier alpha value is -1.06. The fourth-order valence-electron chi connectivity index (χ4n) is 1.86. The van der Waals surface area contributed by atoms with E-state index >= 15 is 0 Å². The second-order valence-corrected chi connectivity index (χ2v) is 3.97. The molecular weight excluding hydrogens is 184 g/mol. The number of hydrogen-bond donors (Lipinski definition) is 1. The summed E-state index contributed by atoms with van der Waals surface area (Å²) < 4.78 is 5.01. The minimum absolute atomic E-state index is 0.169. The lowest BCUT2D eigenvalue weighted by atomic mass is 9.96. The molecule has 0 aromatic heterocycles. The number of hydrogen-bond acceptors (Lipinski definition) is 3. The van der Waals surface area contributed by atoms with Gasteiger partial charge in [-0.3, -0.25) is 9.59 Å². The van der Waals surface area contributed by atoms with Gasteiger partial charge >= 0.3 is 11.9 Å². The number of carboxylic acid groups (broad SMARTS) is 1. The molecule has 2 atom stereocenters. The second kappa shape index (κ2) is 4.44. The maximum absolute atomic E-state index is 11.5. The van der Waals surface area contributed by atoms with Gasteiger partial charge in [-0.05, 0) is 26.7 Å². The van der Waals surface area contributed by atoms with Gasteiger partial charge in [-0.25, -0.2) is 0 Å². The molecule has 4 nitrogen and oxygen atoms in total. The first-order valence-corrected chi connectivity index (χ1v) is 4.95. The number of ether oxygens (including phenoxy) is 1. The van der Waals surface area contributed by atoms with E-state index in [0.29, 0.717) is 12.8 Å². The molecule has 1 aliphatic carbocycles. The molecule has 0 amide bonds. The Kier molecular flexibility index (Phi) is 3.49. The van der Waals surface area contributed by atoms with E-state index < -0.39 is 17.8 Å². The predicted molar refractivity (Wildman–Crippen MR) is 49.7 cm³/mol. The van der Waals surface area contributed by atoms with E-state index in [1.807, 2.05) is 0 Å². The molecule has 0 radical (unpaired) electrons. The highest BCUT2D eigenvalue weighted by molar-refractivity contribution is 5.81. The lowest BCUT2D eigenvalue weighted by Gasteiger charge is -2.16. The lowest BCUT2D eigenvalue weighted by molar-refractivity contribution is -0.159. The van der Waals surface area contributed by atoms with Crippen molar-refractivity contribution in [3.8, 4) is 0 Å². The van der Waals surface area contributed by atoms with E-state index in [2.05, 4.69) is 0 Å². The average Bonchev–Trinajstić information content (AvgIpc) is 2.49. The van der Waals surface area contributed by atoms with Gasteiger partial charge in [0.1, 0.15) is 0 Å². The van der Waals surface area contributed by atoms with Gasteiger partial charge in [0.2, 0.25) is 0 Å². The number of carbonyl (C=O) groups is 2. The molecule has 0 bridgehead atoms. The summed E-state index contributed by atoms with van der Waals surface area (Å²) in [4.78, 5) is 22.3. The van der Waals surface area contributed by atoms with Crippen molar-refractivity contribution in [1.82, 2.24) is 0 Å². The van der Waals surface area contributed by atoms with Crippen LogP contribution in [0.2, 0.25) is 0 Å². The topological polar surface area (TPSA) is 63.6 Å². The van der Waals surface area contributed by atoms with Crippen molar-refractivity contribution in [1.29, 1.82) is 0 Å². The molecule has 0 aromatic rings. The minimum atomic E-state index is -0.881. The normalized spacial score (nSPS) is 26.5. The van der Waals surface area contributed by atoms with Crippen molar-refractivity contribution in [2.24, 2.45) is 11.8 Å². The van der Waals surface area contributed by atoms with Gasteiger partial charge in [0.25, 0.3) is 0 Å². The summed E-state index contributed by atoms with van der Waals surface area (Å²) >= 11 is 0. The van der Waals surface area contributed by atoms with Gasteiger partial charge in [0.05, 0.1) is 17.9 Å². The van der Waals surface area contributed by atoms with Crippen LogP contribution in [0.1, 0.15) is 33.1 Å². The van der Waals surface area contributed by atoms with Crippen LogP contribution < -0.4 is 0 Å². The molecule has 4 heteroatoms. The summed E-state index contributed by atoms with van der Waals surface area (Å²) in [6, 6.07) is 0. The molecule has 1 fully saturated rings.